The number of benzene rings is 10. The lowest BCUT2D eigenvalue weighted by atomic mass is 9.63. The molecule has 0 radical (unpaired) electrons. The molecule has 0 atom stereocenters. The fourth-order valence-corrected chi connectivity index (χ4v) is 23.5. The number of fused-ring (bicyclic) bond motifs is 12. The van der Waals surface area contributed by atoms with Crippen LogP contribution in [-0.4, -0.2) is 0 Å². The molecule has 0 fully saturated rings. The van der Waals surface area contributed by atoms with Crippen LogP contribution in [0.15, 0.2) is 261 Å². The lowest BCUT2D eigenvalue weighted by molar-refractivity contribution is 0.389. The fraction of sp³-hybridized carbons (Fsp3) is 0.333. The summed E-state index contributed by atoms with van der Waals surface area (Å²) in [7, 11) is 0. The second-order valence-corrected chi connectivity index (χ2v) is 38.1. The van der Waals surface area contributed by atoms with Gasteiger partial charge in [-0.1, -0.05) is 334 Å². The average Bonchev–Trinajstić information content (AvgIpc) is 1.48. The number of nitrogens with zero attached hydrogens (tertiary/aromatic N) is 2. The molecule has 0 amide bonds. The van der Waals surface area contributed by atoms with Crippen LogP contribution in [0.1, 0.15) is 293 Å². The van der Waals surface area contributed by atoms with Gasteiger partial charge in [-0.2, -0.15) is 0 Å². The zero-order valence-electron chi connectivity index (χ0n) is 73.2. The Morgan fingerprint density at radius 2 is 0.508 bits per heavy atom. The van der Waals surface area contributed by atoms with E-state index in [0.717, 1.165) is 98.4 Å². The molecule has 3 aromatic heterocycles. The predicted molar refractivity (Wildman–Crippen MR) is 530 cm³/mol. The van der Waals surface area contributed by atoms with Crippen molar-refractivity contribution in [1.82, 2.24) is 0 Å². The molecule has 122 heavy (non-hydrogen) atoms. The normalized spacial score (nSPS) is 13.2. The molecule has 16 rings (SSSR count). The first-order valence-electron chi connectivity index (χ1n) is 46.7. The van der Waals surface area contributed by atoms with Gasteiger partial charge in [-0.15, -0.1) is 40.4 Å². The summed E-state index contributed by atoms with van der Waals surface area (Å²) in [6, 6.07) is 98.2. The monoisotopic (exact) mass is 1650 g/mol. The van der Waals surface area contributed by atoms with Crippen molar-refractivity contribution in [3.05, 3.63) is 320 Å². The summed E-state index contributed by atoms with van der Waals surface area (Å²) < 4.78 is 0. The molecule has 0 spiro atoms. The minimum Gasteiger partial charge on any atom is -0.311 e. The van der Waals surface area contributed by atoms with Gasteiger partial charge in [0, 0.05) is 76.1 Å². The van der Waals surface area contributed by atoms with Crippen LogP contribution < -0.4 is 9.80 Å². The molecule has 10 aromatic carbocycles. The number of hydrogen-bond donors (Lipinski definition) is 0. The van der Waals surface area contributed by atoms with Gasteiger partial charge in [0.2, 0.25) is 0 Å². The van der Waals surface area contributed by atoms with Crippen molar-refractivity contribution < 1.29 is 0 Å². The van der Waals surface area contributed by atoms with Gasteiger partial charge in [0.05, 0.1) is 14.6 Å². The maximum absolute atomic E-state index is 6.29. The van der Waals surface area contributed by atoms with Gasteiger partial charge in [0.25, 0.3) is 0 Å². The molecule has 618 valence electrons. The molecule has 5 heteroatoms. The van der Waals surface area contributed by atoms with Crippen molar-refractivity contribution in [2.75, 3.05) is 9.80 Å². The van der Waals surface area contributed by atoms with Crippen LogP contribution in [0.25, 0.3) is 64.7 Å². The van der Waals surface area contributed by atoms with Gasteiger partial charge >= 0.3 is 0 Å². The Labute approximate surface area is 743 Å². The standard InChI is InChI=1S/C117H122N2S3/c1-8-15-21-39-77-115(78-40-22-16-9-2)103-83-88(106-74-68-97(14-7)120-106)59-71-100(103)109-112(115)110-101-72-60-89(107-75-69-98(121-107)66-57-86-53-62-95(63-54-86)118(91-45-31-27-32-46-91)92-47-33-28-34-48-92)84-104(101)117(81-43-25-19-12-5,82-44-26-20-13-6)114(110)111-102-73-61-90(85-105(102)116(113(109)111,79-41-23-17-10-3)80-42-24-18-11-4)108-76-70-99(122-108)67-58-87-55-64-96(65-56-87)119(93-49-35-29-36-50-93)94-51-37-30-38-52-94/h7,27-38,45-56,59-65,68-76,83-85H,8-13,15-26,39-44,77-82H2,1-6H3. The third-order valence-corrected chi connectivity index (χ3v) is 30.0. The molecular weight excluding hydrogens is 1530 g/mol. The highest BCUT2D eigenvalue weighted by Crippen LogP contribution is 2.72. The van der Waals surface area contributed by atoms with Crippen LogP contribution in [0.4, 0.5) is 34.1 Å². The van der Waals surface area contributed by atoms with Crippen molar-refractivity contribution in [2.45, 2.75) is 250 Å². The van der Waals surface area contributed by atoms with E-state index in [1.54, 1.807) is 61.4 Å². The molecule has 3 aliphatic rings. The summed E-state index contributed by atoms with van der Waals surface area (Å²) in [5.41, 5.74) is 31.1. The summed E-state index contributed by atoms with van der Waals surface area (Å²) in [4.78, 5) is 11.7. The molecule has 0 saturated carbocycles. The molecule has 0 N–H and O–H groups in total. The van der Waals surface area contributed by atoms with E-state index in [0.29, 0.717) is 0 Å². The second kappa shape index (κ2) is 40.3. The Morgan fingerprint density at radius 1 is 0.254 bits per heavy atom. The quantitative estimate of drug-likeness (QED) is 0.0280. The van der Waals surface area contributed by atoms with E-state index in [9.17, 15) is 0 Å². The predicted octanol–water partition coefficient (Wildman–Crippen LogP) is 35.2. The molecular formula is C117H122N2S3. The molecule has 3 heterocycles. The third-order valence-electron chi connectivity index (χ3n) is 26.9. The maximum Gasteiger partial charge on any atom is 0.0778 e. The van der Waals surface area contributed by atoms with Gasteiger partial charge in [-0.25, -0.2) is 0 Å². The van der Waals surface area contributed by atoms with Crippen molar-refractivity contribution in [3.63, 3.8) is 0 Å². The van der Waals surface area contributed by atoms with Crippen LogP contribution in [0.5, 0.6) is 0 Å². The Bertz CT molecular complexity index is 5540. The van der Waals surface area contributed by atoms with E-state index < -0.39 is 0 Å². The number of terminal acetylenes is 1. The Kier molecular flexibility index (Phi) is 28.1. The van der Waals surface area contributed by atoms with Gasteiger partial charge in [-0.05, 0) is 274 Å². The van der Waals surface area contributed by atoms with Gasteiger partial charge in [-0.3, -0.25) is 0 Å². The Morgan fingerprint density at radius 3 is 0.762 bits per heavy atom. The lowest BCUT2D eigenvalue weighted by Gasteiger charge is -2.40. The van der Waals surface area contributed by atoms with Crippen LogP contribution in [0, 0.1) is 36.0 Å². The highest BCUT2D eigenvalue weighted by atomic mass is 32.1. The van der Waals surface area contributed by atoms with E-state index >= 15 is 0 Å². The molecule has 3 aliphatic carbocycles. The smallest absolute Gasteiger partial charge is 0.0778 e. The zero-order valence-corrected chi connectivity index (χ0v) is 75.7. The van der Waals surface area contributed by atoms with Crippen LogP contribution in [0.3, 0.4) is 0 Å². The summed E-state index contributed by atoms with van der Waals surface area (Å²) in [5.74, 6) is 17.8. The minimum absolute atomic E-state index is 0.244. The van der Waals surface area contributed by atoms with E-state index in [2.05, 4.69) is 342 Å². The summed E-state index contributed by atoms with van der Waals surface area (Å²) >= 11 is 5.51. The largest absolute Gasteiger partial charge is 0.311 e. The number of rotatable bonds is 39. The second-order valence-electron chi connectivity index (χ2n) is 34.9. The third kappa shape index (κ3) is 17.8. The maximum atomic E-state index is 6.29. The molecule has 2 nitrogen and oxygen atoms in total. The first-order valence-corrected chi connectivity index (χ1v) is 49.2. The zero-order chi connectivity index (χ0) is 83.7. The number of para-hydroxylation sites is 4. The van der Waals surface area contributed by atoms with E-state index in [4.69, 9.17) is 6.42 Å². The first-order chi connectivity index (χ1) is 60.2. The summed E-state index contributed by atoms with van der Waals surface area (Å²) in [6.07, 6.45) is 42.4. The number of hydrogen-bond acceptors (Lipinski definition) is 5. The summed E-state index contributed by atoms with van der Waals surface area (Å²) in [5, 5.41) is 0. The van der Waals surface area contributed by atoms with Crippen molar-refractivity contribution in [3.8, 4) is 101 Å². The van der Waals surface area contributed by atoms with Crippen molar-refractivity contribution in [1.29, 1.82) is 0 Å². The topological polar surface area (TPSA) is 6.48 Å². The Balaban J connectivity index is 0.905. The van der Waals surface area contributed by atoms with Gasteiger partial charge in [0.1, 0.15) is 0 Å². The number of anilines is 6. The summed E-state index contributed by atoms with van der Waals surface area (Å²) in [6.45, 7) is 14.4. The molecule has 0 saturated heterocycles. The molecule has 0 unspecified atom stereocenters. The highest BCUT2D eigenvalue weighted by molar-refractivity contribution is 7.16. The first kappa shape index (κ1) is 85.2. The molecule has 13 aromatic rings. The van der Waals surface area contributed by atoms with Crippen molar-refractivity contribution in [2.24, 2.45) is 0 Å². The van der Waals surface area contributed by atoms with Crippen LogP contribution in [-0.2, 0) is 16.2 Å². The van der Waals surface area contributed by atoms with Crippen molar-refractivity contribution >= 4 is 68.1 Å². The molecule has 0 aliphatic heterocycles. The average molecular weight is 1650 g/mol. The number of thiophene rings is 3. The number of unbranched alkanes of at least 4 members (excludes halogenated alkanes) is 18. The van der Waals surface area contributed by atoms with Crippen LogP contribution >= 0.6 is 34.0 Å². The van der Waals surface area contributed by atoms with E-state index in [1.807, 2.05) is 22.7 Å². The Hall–Kier alpha value is -10.4. The highest BCUT2D eigenvalue weighted by Gasteiger charge is 2.58. The lowest BCUT2D eigenvalue weighted by Crippen LogP contribution is -2.31. The van der Waals surface area contributed by atoms with E-state index in [-0.39, 0.29) is 16.2 Å². The van der Waals surface area contributed by atoms with Gasteiger partial charge in [0.15, 0.2) is 0 Å². The minimum atomic E-state index is -0.260. The molecule has 0 bridgehead atoms. The fourth-order valence-electron chi connectivity index (χ4n) is 20.9. The van der Waals surface area contributed by atoms with Gasteiger partial charge < -0.3 is 9.80 Å². The SMILES string of the molecule is C#Cc1ccc(-c2ccc3c(c2)C(CCCCCC)(CCCCCC)c2c-3c3c(c4c2-c2ccc(-c5ccc(C#Cc6ccc(N(c7ccccc7)c7ccccc7)cc6)s5)cc2C4(CCCCCC)CCCCCC)-c2ccc(-c4ccc(C#Cc5ccc(N(c6ccccc6)c6ccccc6)cc5)s4)cc2C3(CCCCCC)CCCCCC)s1. The van der Waals surface area contributed by atoms with E-state index in [1.165, 1.54) is 202 Å². The van der Waals surface area contributed by atoms with Crippen LogP contribution in [0.2, 0.25) is 0 Å².